The molecule has 0 unspecified atom stereocenters. The SMILES string of the molecule is O=C(NBr)c1ccccc1P(c1ccccc1)c1ccccc1. The molecule has 3 aromatic rings. The average molecular weight is 384 g/mol. The van der Waals surface area contributed by atoms with Crippen molar-refractivity contribution in [1.29, 1.82) is 0 Å². The zero-order chi connectivity index (χ0) is 16.1. The van der Waals surface area contributed by atoms with Gasteiger partial charge in [0.15, 0.2) is 0 Å². The molecule has 0 bridgehead atoms. The first-order valence-corrected chi connectivity index (χ1v) is 9.35. The molecule has 1 amide bonds. The van der Waals surface area contributed by atoms with Crippen LogP contribution in [0.5, 0.6) is 0 Å². The van der Waals surface area contributed by atoms with Crippen LogP contribution in [0.3, 0.4) is 0 Å². The molecular formula is C19H15BrNOP. The molecule has 0 atom stereocenters. The number of benzene rings is 3. The van der Waals surface area contributed by atoms with E-state index in [1.54, 1.807) is 0 Å². The van der Waals surface area contributed by atoms with E-state index >= 15 is 0 Å². The molecule has 0 saturated heterocycles. The summed E-state index contributed by atoms with van der Waals surface area (Å²) < 4.78 is 2.56. The predicted molar refractivity (Wildman–Crippen MR) is 102 cm³/mol. The third kappa shape index (κ3) is 3.52. The minimum Gasteiger partial charge on any atom is -0.289 e. The molecule has 1 N–H and O–H groups in total. The summed E-state index contributed by atoms with van der Waals surface area (Å²) in [5, 5.41) is 3.50. The van der Waals surface area contributed by atoms with Gasteiger partial charge in [-0.25, -0.2) is 0 Å². The van der Waals surface area contributed by atoms with Gasteiger partial charge in [0, 0.05) is 21.7 Å². The van der Waals surface area contributed by atoms with E-state index in [1.165, 1.54) is 10.6 Å². The molecule has 0 heterocycles. The molecule has 3 aromatic carbocycles. The molecule has 0 aromatic heterocycles. The van der Waals surface area contributed by atoms with Crippen molar-refractivity contribution in [3.8, 4) is 0 Å². The van der Waals surface area contributed by atoms with Gasteiger partial charge in [-0.2, -0.15) is 0 Å². The minimum atomic E-state index is -0.787. The van der Waals surface area contributed by atoms with E-state index in [2.05, 4.69) is 44.8 Å². The first-order chi connectivity index (χ1) is 11.3. The van der Waals surface area contributed by atoms with Gasteiger partial charge < -0.3 is 0 Å². The normalized spacial score (nSPS) is 10.5. The molecule has 0 aliphatic carbocycles. The summed E-state index contributed by atoms with van der Waals surface area (Å²) in [6.07, 6.45) is 0. The summed E-state index contributed by atoms with van der Waals surface area (Å²) in [5.74, 6) is -0.125. The van der Waals surface area contributed by atoms with Crippen LogP contribution >= 0.6 is 24.1 Å². The molecule has 4 heteroatoms. The second-order valence-corrected chi connectivity index (χ2v) is 7.53. The molecule has 0 radical (unpaired) electrons. The Labute approximate surface area is 145 Å². The van der Waals surface area contributed by atoms with Gasteiger partial charge in [0.2, 0.25) is 0 Å². The van der Waals surface area contributed by atoms with Crippen LogP contribution in [0.25, 0.3) is 0 Å². The zero-order valence-corrected chi connectivity index (χ0v) is 14.8. The Morgan fingerprint density at radius 2 is 1.22 bits per heavy atom. The van der Waals surface area contributed by atoms with Gasteiger partial charge in [-0.05, 0) is 29.9 Å². The van der Waals surface area contributed by atoms with E-state index in [0.29, 0.717) is 5.56 Å². The van der Waals surface area contributed by atoms with Crippen molar-refractivity contribution in [2.75, 3.05) is 0 Å². The number of rotatable bonds is 4. The average Bonchev–Trinajstić information content (AvgIpc) is 2.63. The van der Waals surface area contributed by atoms with Crippen molar-refractivity contribution in [2.24, 2.45) is 0 Å². The number of amides is 1. The molecule has 0 aliphatic heterocycles. The Bertz CT molecular complexity index is 753. The molecule has 0 saturated carbocycles. The van der Waals surface area contributed by atoms with Crippen molar-refractivity contribution in [1.82, 2.24) is 4.34 Å². The number of nitrogens with one attached hydrogen (secondary N) is 1. The first-order valence-electron chi connectivity index (χ1n) is 7.21. The quantitative estimate of drug-likeness (QED) is 0.542. The van der Waals surface area contributed by atoms with Crippen molar-refractivity contribution in [3.63, 3.8) is 0 Å². The molecule has 23 heavy (non-hydrogen) atoms. The first kappa shape index (κ1) is 15.9. The van der Waals surface area contributed by atoms with Crippen LogP contribution < -0.4 is 20.3 Å². The number of hydrogen-bond donors (Lipinski definition) is 1. The maximum Gasteiger partial charge on any atom is 0.261 e. The number of halogens is 1. The van der Waals surface area contributed by atoms with Gasteiger partial charge in [0.05, 0.1) is 0 Å². The second-order valence-electron chi connectivity index (χ2n) is 4.95. The molecule has 2 nitrogen and oxygen atoms in total. The maximum atomic E-state index is 12.3. The van der Waals surface area contributed by atoms with E-state index in [1.807, 2.05) is 60.7 Å². The van der Waals surface area contributed by atoms with Crippen molar-refractivity contribution < 1.29 is 4.79 Å². The fourth-order valence-electron chi connectivity index (χ4n) is 2.49. The van der Waals surface area contributed by atoms with Gasteiger partial charge in [0.25, 0.3) is 5.91 Å². The molecule has 0 spiro atoms. The van der Waals surface area contributed by atoms with Crippen LogP contribution in [0.4, 0.5) is 0 Å². The highest BCUT2D eigenvalue weighted by atomic mass is 79.9. The highest BCUT2D eigenvalue weighted by Crippen LogP contribution is 2.33. The minimum absolute atomic E-state index is 0.125. The van der Waals surface area contributed by atoms with Gasteiger partial charge in [-0.15, -0.1) is 0 Å². The highest BCUT2D eigenvalue weighted by Gasteiger charge is 2.21. The zero-order valence-electron chi connectivity index (χ0n) is 12.3. The predicted octanol–water partition coefficient (Wildman–Crippen LogP) is 3.48. The Kier molecular flexibility index (Phi) is 5.22. The lowest BCUT2D eigenvalue weighted by Crippen LogP contribution is -2.27. The van der Waals surface area contributed by atoms with E-state index in [4.69, 9.17) is 0 Å². The second kappa shape index (κ2) is 7.54. The van der Waals surface area contributed by atoms with Crippen LogP contribution in [0.1, 0.15) is 10.4 Å². The van der Waals surface area contributed by atoms with Crippen LogP contribution in [-0.4, -0.2) is 5.91 Å². The Hall–Kier alpha value is -1.96. The van der Waals surface area contributed by atoms with E-state index in [0.717, 1.165) is 5.30 Å². The van der Waals surface area contributed by atoms with Gasteiger partial charge in [-0.3, -0.25) is 9.14 Å². The summed E-state index contributed by atoms with van der Waals surface area (Å²) >= 11 is 3.05. The van der Waals surface area contributed by atoms with Gasteiger partial charge in [0.1, 0.15) is 0 Å². The van der Waals surface area contributed by atoms with Crippen molar-refractivity contribution in [3.05, 3.63) is 90.5 Å². The van der Waals surface area contributed by atoms with E-state index in [9.17, 15) is 4.79 Å². The van der Waals surface area contributed by atoms with Crippen LogP contribution in [0.15, 0.2) is 84.9 Å². The highest BCUT2D eigenvalue weighted by molar-refractivity contribution is 9.08. The Morgan fingerprint density at radius 3 is 1.74 bits per heavy atom. The molecular weight excluding hydrogens is 369 g/mol. The Balaban J connectivity index is 2.20. The lowest BCUT2D eigenvalue weighted by Gasteiger charge is -2.21. The van der Waals surface area contributed by atoms with E-state index < -0.39 is 7.92 Å². The standard InChI is InChI=1S/C19H15BrNOP/c20-21-19(22)17-13-7-8-14-18(17)23(15-9-3-1-4-10-15)16-11-5-2-6-12-16/h1-14H,(H,21,22). The largest absolute Gasteiger partial charge is 0.289 e. The maximum absolute atomic E-state index is 12.3. The molecule has 0 aliphatic rings. The van der Waals surface area contributed by atoms with Crippen molar-refractivity contribution >= 4 is 45.9 Å². The topological polar surface area (TPSA) is 29.1 Å². The monoisotopic (exact) mass is 383 g/mol. The van der Waals surface area contributed by atoms with Gasteiger partial charge >= 0.3 is 0 Å². The molecule has 114 valence electrons. The molecule has 0 fully saturated rings. The lowest BCUT2D eigenvalue weighted by molar-refractivity contribution is 0.0987. The third-order valence-corrected chi connectivity index (χ3v) is 6.37. The summed E-state index contributed by atoms with van der Waals surface area (Å²) in [4.78, 5) is 12.3. The third-order valence-electron chi connectivity index (χ3n) is 3.50. The van der Waals surface area contributed by atoms with E-state index in [-0.39, 0.29) is 5.91 Å². The van der Waals surface area contributed by atoms with Crippen LogP contribution in [0.2, 0.25) is 0 Å². The fraction of sp³-hybridized carbons (Fsp3) is 0. The Morgan fingerprint density at radius 1 is 0.739 bits per heavy atom. The lowest BCUT2D eigenvalue weighted by atomic mass is 10.2. The summed E-state index contributed by atoms with van der Waals surface area (Å²) in [6, 6.07) is 28.5. The van der Waals surface area contributed by atoms with Crippen LogP contribution in [0, 0.1) is 0 Å². The number of carbonyl (C=O) groups excluding carboxylic acids is 1. The summed E-state index contributed by atoms with van der Waals surface area (Å²) in [6.45, 7) is 0. The van der Waals surface area contributed by atoms with Crippen LogP contribution in [-0.2, 0) is 0 Å². The number of hydrogen-bond acceptors (Lipinski definition) is 1. The van der Waals surface area contributed by atoms with Crippen molar-refractivity contribution in [2.45, 2.75) is 0 Å². The number of carbonyl (C=O) groups is 1. The smallest absolute Gasteiger partial charge is 0.261 e. The fourth-order valence-corrected chi connectivity index (χ4v) is 5.15. The summed E-state index contributed by atoms with van der Waals surface area (Å²) in [7, 11) is -0.787. The molecule has 3 rings (SSSR count). The summed E-state index contributed by atoms with van der Waals surface area (Å²) in [5.41, 5.74) is 0.697. The van der Waals surface area contributed by atoms with Gasteiger partial charge in [-0.1, -0.05) is 78.9 Å².